The molecule has 2 N–H and O–H groups in total. The number of rotatable bonds is 5. The molecular formula is C16H23N7O. The first-order chi connectivity index (χ1) is 11.7. The number of piperazine rings is 1. The van der Waals surface area contributed by atoms with E-state index in [0.717, 1.165) is 25.3 Å². The molecule has 1 saturated heterocycles. The van der Waals surface area contributed by atoms with Crippen molar-refractivity contribution in [1.82, 2.24) is 30.4 Å². The number of carbonyl (C=O) groups excluding carboxylic acids is 1. The Hall–Kier alpha value is -2.48. The van der Waals surface area contributed by atoms with Crippen LogP contribution in [0.2, 0.25) is 0 Å². The van der Waals surface area contributed by atoms with Gasteiger partial charge in [0.05, 0.1) is 5.69 Å². The molecular weight excluding hydrogens is 306 g/mol. The van der Waals surface area contributed by atoms with Gasteiger partial charge in [-0.05, 0) is 35.9 Å². The van der Waals surface area contributed by atoms with Crippen molar-refractivity contribution in [1.29, 1.82) is 0 Å². The number of nitrogens with one attached hydrogen (secondary N) is 2. The number of anilines is 1. The summed E-state index contributed by atoms with van der Waals surface area (Å²) in [7, 11) is 0. The van der Waals surface area contributed by atoms with Gasteiger partial charge in [-0.25, -0.2) is 0 Å². The molecule has 0 radical (unpaired) electrons. The molecule has 1 fully saturated rings. The van der Waals surface area contributed by atoms with E-state index in [1.54, 1.807) is 4.68 Å². The van der Waals surface area contributed by atoms with E-state index >= 15 is 0 Å². The Balaban J connectivity index is 1.74. The number of para-hydroxylation sites is 1. The molecule has 2 atom stereocenters. The van der Waals surface area contributed by atoms with E-state index in [-0.39, 0.29) is 11.9 Å². The SMILES string of the molecule is CC[C@H](Nc1nnnn1-c1ccccc1)C(=O)N1CCN[C@H](C)C1. The minimum absolute atomic E-state index is 0.0912. The average molecular weight is 329 g/mol. The van der Waals surface area contributed by atoms with E-state index in [0.29, 0.717) is 18.4 Å². The minimum Gasteiger partial charge on any atom is -0.341 e. The van der Waals surface area contributed by atoms with E-state index in [1.807, 2.05) is 42.2 Å². The third-order valence-corrected chi connectivity index (χ3v) is 4.16. The van der Waals surface area contributed by atoms with Crippen molar-refractivity contribution in [3.8, 4) is 5.69 Å². The maximum atomic E-state index is 12.8. The number of benzene rings is 1. The van der Waals surface area contributed by atoms with E-state index in [1.165, 1.54) is 0 Å². The molecule has 1 amide bonds. The fraction of sp³-hybridized carbons (Fsp3) is 0.500. The van der Waals surface area contributed by atoms with Crippen LogP contribution in [0.5, 0.6) is 0 Å². The lowest BCUT2D eigenvalue weighted by atomic mass is 10.1. The normalized spacial score (nSPS) is 19.1. The highest BCUT2D eigenvalue weighted by Gasteiger charge is 2.27. The van der Waals surface area contributed by atoms with Gasteiger partial charge in [-0.15, -0.1) is 0 Å². The summed E-state index contributed by atoms with van der Waals surface area (Å²) in [5, 5.41) is 18.3. The van der Waals surface area contributed by atoms with Crippen LogP contribution in [0.3, 0.4) is 0 Å². The molecule has 8 nitrogen and oxygen atoms in total. The summed E-state index contributed by atoms with van der Waals surface area (Å²) in [6.07, 6.45) is 0.665. The summed E-state index contributed by atoms with van der Waals surface area (Å²) in [4.78, 5) is 14.7. The summed E-state index contributed by atoms with van der Waals surface area (Å²) in [6, 6.07) is 9.59. The quantitative estimate of drug-likeness (QED) is 0.838. The maximum absolute atomic E-state index is 12.8. The zero-order valence-electron chi connectivity index (χ0n) is 14.0. The summed E-state index contributed by atoms with van der Waals surface area (Å²) >= 11 is 0. The smallest absolute Gasteiger partial charge is 0.248 e. The van der Waals surface area contributed by atoms with Crippen LogP contribution in [-0.4, -0.2) is 62.7 Å². The Bertz CT molecular complexity index is 672. The fourth-order valence-corrected chi connectivity index (χ4v) is 2.87. The molecule has 0 unspecified atom stereocenters. The van der Waals surface area contributed by atoms with Crippen LogP contribution in [-0.2, 0) is 4.79 Å². The van der Waals surface area contributed by atoms with Gasteiger partial charge in [0, 0.05) is 25.7 Å². The van der Waals surface area contributed by atoms with E-state index in [4.69, 9.17) is 0 Å². The summed E-state index contributed by atoms with van der Waals surface area (Å²) in [5.41, 5.74) is 0.850. The number of hydrogen-bond acceptors (Lipinski definition) is 6. The van der Waals surface area contributed by atoms with Crippen molar-refractivity contribution < 1.29 is 4.79 Å². The predicted molar refractivity (Wildman–Crippen MR) is 90.9 cm³/mol. The van der Waals surface area contributed by atoms with Crippen LogP contribution in [0.25, 0.3) is 5.69 Å². The van der Waals surface area contributed by atoms with Crippen LogP contribution in [0, 0.1) is 0 Å². The molecule has 1 aliphatic rings. The highest BCUT2D eigenvalue weighted by atomic mass is 16.2. The second kappa shape index (κ2) is 7.39. The number of carbonyl (C=O) groups is 1. The van der Waals surface area contributed by atoms with Gasteiger partial charge in [0.1, 0.15) is 6.04 Å². The lowest BCUT2D eigenvalue weighted by Gasteiger charge is -2.34. The summed E-state index contributed by atoms with van der Waals surface area (Å²) < 4.78 is 1.61. The van der Waals surface area contributed by atoms with Gasteiger partial charge < -0.3 is 15.5 Å². The molecule has 2 heterocycles. The first-order valence-corrected chi connectivity index (χ1v) is 8.31. The average Bonchev–Trinajstić information content (AvgIpc) is 3.08. The molecule has 3 rings (SSSR count). The monoisotopic (exact) mass is 329 g/mol. The lowest BCUT2D eigenvalue weighted by molar-refractivity contribution is -0.133. The van der Waals surface area contributed by atoms with Crippen LogP contribution in [0.4, 0.5) is 5.95 Å². The molecule has 2 aromatic rings. The predicted octanol–water partition coefficient (Wildman–Crippen LogP) is 0.673. The Labute approximate surface area is 141 Å². The first-order valence-electron chi connectivity index (χ1n) is 8.31. The first kappa shape index (κ1) is 16.4. The maximum Gasteiger partial charge on any atom is 0.248 e. The fourth-order valence-electron chi connectivity index (χ4n) is 2.87. The van der Waals surface area contributed by atoms with Gasteiger partial charge in [-0.1, -0.05) is 30.2 Å². The van der Waals surface area contributed by atoms with E-state index in [2.05, 4.69) is 33.1 Å². The molecule has 8 heteroatoms. The number of nitrogens with zero attached hydrogens (tertiary/aromatic N) is 5. The van der Waals surface area contributed by atoms with Gasteiger partial charge >= 0.3 is 0 Å². The topological polar surface area (TPSA) is 88.0 Å². The second-order valence-corrected chi connectivity index (χ2v) is 5.99. The van der Waals surface area contributed by atoms with Crippen molar-refractivity contribution in [2.45, 2.75) is 32.4 Å². The molecule has 24 heavy (non-hydrogen) atoms. The highest BCUT2D eigenvalue weighted by molar-refractivity contribution is 5.84. The highest BCUT2D eigenvalue weighted by Crippen LogP contribution is 2.14. The lowest BCUT2D eigenvalue weighted by Crippen LogP contribution is -2.54. The Morgan fingerprint density at radius 1 is 1.42 bits per heavy atom. The van der Waals surface area contributed by atoms with Gasteiger partial charge in [-0.3, -0.25) is 4.79 Å². The second-order valence-electron chi connectivity index (χ2n) is 5.99. The zero-order chi connectivity index (χ0) is 16.9. The molecule has 1 aliphatic heterocycles. The Morgan fingerprint density at radius 2 is 2.21 bits per heavy atom. The molecule has 1 aromatic carbocycles. The molecule has 0 saturated carbocycles. The molecule has 1 aromatic heterocycles. The molecule has 0 bridgehead atoms. The Kier molecular flexibility index (Phi) is 5.05. The third-order valence-electron chi connectivity index (χ3n) is 4.16. The third kappa shape index (κ3) is 3.53. The van der Waals surface area contributed by atoms with Crippen LogP contribution in [0.1, 0.15) is 20.3 Å². The number of aromatic nitrogens is 4. The largest absolute Gasteiger partial charge is 0.341 e. The number of amides is 1. The van der Waals surface area contributed by atoms with Gasteiger partial charge in [0.2, 0.25) is 11.9 Å². The summed E-state index contributed by atoms with van der Waals surface area (Å²) in [6.45, 7) is 6.35. The van der Waals surface area contributed by atoms with Crippen molar-refractivity contribution in [2.24, 2.45) is 0 Å². The van der Waals surface area contributed by atoms with E-state index in [9.17, 15) is 4.79 Å². The van der Waals surface area contributed by atoms with Crippen molar-refractivity contribution >= 4 is 11.9 Å². The van der Waals surface area contributed by atoms with Crippen molar-refractivity contribution in [2.75, 3.05) is 25.0 Å². The van der Waals surface area contributed by atoms with Crippen LogP contribution < -0.4 is 10.6 Å². The standard InChI is InChI=1S/C16H23N7O/c1-3-14(15(24)22-10-9-17-12(2)11-22)18-16-19-20-21-23(16)13-7-5-4-6-8-13/h4-8,12,14,17H,3,9-11H2,1-2H3,(H,18,19,21)/t12-,14+/m1/s1. The zero-order valence-corrected chi connectivity index (χ0v) is 14.0. The van der Waals surface area contributed by atoms with Gasteiger partial charge in [0.15, 0.2) is 0 Å². The van der Waals surface area contributed by atoms with Crippen LogP contribution >= 0.6 is 0 Å². The molecule has 0 spiro atoms. The van der Waals surface area contributed by atoms with Crippen molar-refractivity contribution in [3.05, 3.63) is 30.3 Å². The summed E-state index contributed by atoms with van der Waals surface area (Å²) in [5.74, 6) is 0.568. The number of tetrazole rings is 1. The molecule has 0 aliphatic carbocycles. The van der Waals surface area contributed by atoms with E-state index < -0.39 is 0 Å². The Morgan fingerprint density at radius 3 is 2.92 bits per heavy atom. The van der Waals surface area contributed by atoms with Gasteiger partial charge in [-0.2, -0.15) is 4.68 Å². The number of hydrogen-bond donors (Lipinski definition) is 2. The minimum atomic E-state index is -0.344. The van der Waals surface area contributed by atoms with Gasteiger partial charge in [0.25, 0.3) is 0 Å². The molecule has 128 valence electrons. The van der Waals surface area contributed by atoms with Crippen LogP contribution in [0.15, 0.2) is 30.3 Å². The van der Waals surface area contributed by atoms with Crippen molar-refractivity contribution in [3.63, 3.8) is 0 Å².